The molecule has 0 amide bonds. The SMILES string of the molecule is C=C(C(=O)O)C(C)=S. The molecule has 0 saturated heterocycles. The molecule has 0 aliphatic carbocycles. The van der Waals surface area contributed by atoms with Crippen molar-refractivity contribution in [2.24, 2.45) is 0 Å². The van der Waals surface area contributed by atoms with Crippen LogP contribution in [0.4, 0.5) is 0 Å². The second-order valence-electron chi connectivity index (χ2n) is 1.34. The third-order valence-corrected chi connectivity index (χ3v) is 0.930. The molecule has 0 rings (SSSR count). The molecule has 44 valence electrons. The highest BCUT2D eigenvalue weighted by molar-refractivity contribution is 7.80. The minimum absolute atomic E-state index is 0.000000000000000222. The van der Waals surface area contributed by atoms with Gasteiger partial charge in [-0.15, -0.1) is 0 Å². The van der Waals surface area contributed by atoms with E-state index in [2.05, 4.69) is 18.8 Å². The van der Waals surface area contributed by atoms with Crippen LogP contribution in [0.15, 0.2) is 12.2 Å². The van der Waals surface area contributed by atoms with Gasteiger partial charge in [-0.05, 0) is 6.92 Å². The Kier molecular flexibility index (Phi) is 2.34. The topological polar surface area (TPSA) is 37.3 Å². The summed E-state index contributed by atoms with van der Waals surface area (Å²) in [4.78, 5) is 10.3. The van der Waals surface area contributed by atoms with Crippen molar-refractivity contribution in [2.45, 2.75) is 6.92 Å². The molecule has 0 saturated carbocycles. The molecule has 0 spiro atoms. The van der Waals surface area contributed by atoms with Crippen LogP contribution in [0.5, 0.6) is 0 Å². The van der Waals surface area contributed by atoms with E-state index < -0.39 is 5.97 Å². The summed E-state index contributed by atoms with van der Waals surface area (Å²) >= 11 is 4.51. The van der Waals surface area contributed by atoms with Crippen molar-refractivity contribution in [1.29, 1.82) is 0 Å². The maximum Gasteiger partial charge on any atom is 0.336 e. The van der Waals surface area contributed by atoms with Crippen LogP contribution in [0, 0.1) is 0 Å². The molecule has 0 fully saturated rings. The highest BCUT2D eigenvalue weighted by Gasteiger charge is 2.03. The van der Waals surface area contributed by atoms with Gasteiger partial charge in [-0.3, -0.25) is 0 Å². The zero-order valence-corrected chi connectivity index (χ0v) is 5.29. The van der Waals surface area contributed by atoms with Crippen molar-refractivity contribution in [2.75, 3.05) is 0 Å². The average molecular weight is 130 g/mol. The number of carboxylic acids is 1. The summed E-state index contributed by atoms with van der Waals surface area (Å²) in [6.45, 7) is 4.75. The molecule has 0 aromatic heterocycles. The van der Waals surface area contributed by atoms with Gasteiger partial charge in [0.15, 0.2) is 0 Å². The fourth-order valence-corrected chi connectivity index (χ4v) is 0.238. The van der Waals surface area contributed by atoms with E-state index in [0.717, 1.165) is 0 Å². The summed E-state index contributed by atoms with van der Waals surface area (Å²) < 4.78 is 0. The van der Waals surface area contributed by atoms with Gasteiger partial charge in [0.05, 0.1) is 5.57 Å². The van der Waals surface area contributed by atoms with Gasteiger partial charge in [0.25, 0.3) is 0 Å². The van der Waals surface area contributed by atoms with Gasteiger partial charge < -0.3 is 5.11 Å². The van der Waals surface area contributed by atoms with Crippen LogP contribution in [0.2, 0.25) is 0 Å². The number of aliphatic carboxylic acids is 1. The van der Waals surface area contributed by atoms with Crippen LogP contribution in [0.3, 0.4) is 0 Å². The number of rotatable bonds is 2. The van der Waals surface area contributed by atoms with Crippen molar-refractivity contribution in [3.8, 4) is 0 Å². The standard InChI is InChI=1S/C5H6O2S/c1-3(4(2)8)5(6)7/h1H2,2H3,(H,6,7). The lowest BCUT2D eigenvalue weighted by Gasteiger charge is -1.90. The number of carbonyl (C=O) groups is 1. The molecule has 0 radical (unpaired) electrons. The van der Waals surface area contributed by atoms with Crippen molar-refractivity contribution in [1.82, 2.24) is 0 Å². The van der Waals surface area contributed by atoms with Crippen LogP contribution < -0.4 is 0 Å². The van der Waals surface area contributed by atoms with E-state index in [9.17, 15) is 4.79 Å². The fourth-order valence-electron chi connectivity index (χ4n) is 0.151. The average Bonchev–Trinajstić information content (AvgIpc) is 1.64. The van der Waals surface area contributed by atoms with E-state index in [-0.39, 0.29) is 5.57 Å². The van der Waals surface area contributed by atoms with Gasteiger partial charge in [0.1, 0.15) is 0 Å². The molecule has 0 aliphatic rings. The molecule has 0 atom stereocenters. The first-order valence-electron chi connectivity index (χ1n) is 1.99. The molecule has 0 unspecified atom stereocenters. The number of hydrogen-bond acceptors (Lipinski definition) is 2. The lowest BCUT2D eigenvalue weighted by Crippen LogP contribution is -2.04. The molecule has 0 aliphatic heterocycles. The van der Waals surface area contributed by atoms with Crippen LogP contribution in [0.1, 0.15) is 6.92 Å². The Bertz CT molecular complexity index is 133. The Labute approximate surface area is 52.8 Å². The van der Waals surface area contributed by atoms with Crippen molar-refractivity contribution >= 4 is 23.1 Å². The Balaban J connectivity index is 4.05. The summed E-state index contributed by atoms with van der Waals surface area (Å²) in [6.07, 6.45) is 0. The second-order valence-corrected chi connectivity index (χ2v) is 1.95. The van der Waals surface area contributed by atoms with Crippen LogP contribution in [0.25, 0.3) is 0 Å². The molecular formula is C5H6O2S. The van der Waals surface area contributed by atoms with Crippen molar-refractivity contribution < 1.29 is 9.90 Å². The summed E-state index contributed by atoms with van der Waals surface area (Å²) in [7, 11) is 0. The maximum atomic E-state index is 9.95. The number of hydrogen-bond donors (Lipinski definition) is 1. The second kappa shape index (κ2) is 2.57. The predicted molar refractivity (Wildman–Crippen MR) is 35.0 cm³/mol. The first kappa shape index (κ1) is 7.30. The summed E-state index contributed by atoms with van der Waals surface area (Å²) in [5.41, 5.74) is 0.000000000000000222. The highest BCUT2D eigenvalue weighted by Crippen LogP contribution is 1.92. The van der Waals surface area contributed by atoms with E-state index in [0.29, 0.717) is 4.86 Å². The van der Waals surface area contributed by atoms with E-state index in [4.69, 9.17) is 5.11 Å². The zero-order chi connectivity index (χ0) is 6.73. The monoisotopic (exact) mass is 130 g/mol. The van der Waals surface area contributed by atoms with E-state index >= 15 is 0 Å². The molecule has 0 aromatic rings. The van der Waals surface area contributed by atoms with Gasteiger partial charge in [0.2, 0.25) is 0 Å². The predicted octanol–water partition coefficient (Wildman–Crippen LogP) is 1.02. The molecule has 0 aromatic carbocycles. The van der Waals surface area contributed by atoms with Crippen LogP contribution >= 0.6 is 12.2 Å². The van der Waals surface area contributed by atoms with E-state index in [1.807, 2.05) is 0 Å². The molecule has 0 bridgehead atoms. The van der Waals surface area contributed by atoms with Crippen LogP contribution in [-0.4, -0.2) is 15.9 Å². The zero-order valence-electron chi connectivity index (χ0n) is 4.47. The van der Waals surface area contributed by atoms with E-state index in [1.54, 1.807) is 0 Å². The van der Waals surface area contributed by atoms with Crippen LogP contribution in [-0.2, 0) is 4.79 Å². The molecule has 8 heavy (non-hydrogen) atoms. The molecular weight excluding hydrogens is 124 g/mol. The number of thiocarbonyl (C=S) groups is 1. The Morgan fingerprint density at radius 3 is 2.12 bits per heavy atom. The van der Waals surface area contributed by atoms with Gasteiger partial charge >= 0.3 is 5.97 Å². The minimum Gasteiger partial charge on any atom is -0.478 e. The molecule has 3 heteroatoms. The van der Waals surface area contributed by atoms with Gasteiger partial charge in [-0.25, -0.2) is 4.79 Å². The summed E-state index contributed by atoms with van der Waals surface area (Å²) in [6, 6.07) is 0. The molecule has 1 N–H and O–H groups in total. The highest BCUT2D eigenvalue weighted by atomic mass is 32.1. The smallest absolute Gasteiger partial charge is 0.336 e. The third-order valence-electron chi connectivity index (χ3n) is 0.683. The summed E-state index contributed by atoms with van der Waals surface area (Å²) in [5, 5.41) is 8.17. The van der Waals surface area contributed by atoms with Gasteiger partial charge in [0, 0.05) is 4.86 Å². The van der Waals surface area contributed by atoms with Gasteiger partial charge in [-0.2, -0.15) is 0 Å². The quantitative estimate of drug-likeness (QED) is 0.448. The fraction of sp³-hybridized carbons (Fsp3) is 0.200. The normalized spacial score (nSPS) is 8.12. The first-order chi connectivity index (χ1) is 3.55. The largest absolute Gasteiger partial charge is 0.478 e. The Hall–Kier alpha value is -0.700. The third kappa shape index (κ3) is 1.84. The lowest BCUT2D eigenvalue weighted by atomic mass is 10.2. The van der Waals surface area contributed by atoms with Gasteiger partial charge in [-0.1, -0.05) is 18.8 Å². The van der Waals surface area contributed by atoms with Crippen molar-refractivity contribution in [3.05, 3.63) is 12.2 Å². The minimum atomic E-state index is -1.04. The Morgan fingerprint density at radius 2 is 2.12 bits per heavy atom. The van der Waals surface area contributed by atoms with Crippen molar-refractivity contribution in [3.63, 3.8) is 0 Å². The number of carboxylic acid groups (broad SMARTS) is 1. The molecule has 0 heterocycles. The van der Waals surface area contributed by atoms with E-state index in [1.165, 1.54) is 6.92 Å². The Morgan fingerprint density at radius 1 is 1.75 bits per heavy atom. The molecule has 2 nitrogen and oxygen atoms in total. The summed E-state index contributed by atoms with van der Waals surface area (Å²) in [5.74, 6) is -1.04. The first-order valence-corrected chi connectivity index (χ1v) is 2.39. The maximum absolute atomic E-state index is 9.95. The lowest BCUT2D eigenvalue weighted by molar-refractivity contribution is -0.132.